The molecule has 1 nitrogen and oxygen atoms in total. The molecule has 0 saturated heterocycles. The maximum absolute atomic E-state index is 13.1. The number of alkyl halides is 1. The topological polar surface area (TPSA) is 20.2 Å². The molecule has 2 bridgehead atoms. The molecule has 2 atom stereocenters. The Hall–Kier alpha value is -0.110. The summed E-state index contributed by atoms with van der Waals surface area (Å²) < 4.78 is 13.1. The van der Waals surface area contributed by atoms with Crippen molar-refractivity contribution in [1.82, 2.24) is 0 Å². The highest BCUT2D eigenvalue weighted by atomic mass is 19.1. The van der Waals surface area contributed by atoms with E-state index >= 15 is 0 Å². The largest absolute Gasteiger partial charge is 0.393 e. The van der Waals surface area contributed by atoms with Crippen LogP contribution in [0.25, 0.3) is 0 Å². The first-order valence-corrected chi connectivity index (χ1v) is 4.09. The molecular formula is C8H13FO. The van der Waals surface area contributed by atoms with Gasteiger partial charge in [0.25, 0.3) is 0 Å². The van der Waals surface area contributed by atoms with Crippen molar-refractivity contribution >= 4 is 0 Å². The normalized spacial score (nSPS) is 53.4. The summed E-state index contributed by atoms with van der Waals surface area (Å²) in [5.74, 6) is 0.377. The number of fused-ring (bicyclic) bond motifs is 2. The van der Waals surface area contributed by atoms with Crippen LogP contribution in [0.4, 0.5) is 4.39 Å². The minimum Gasteiger partial charge on any atom is -0.393 e. The average molecular weight is 144 g/mol. The number of aliphatic hydroxyl groups excluding tert-OH is 1. The highest BCUT2D eigenvalue weighted by Gasteiger charge is 2.42. The third-order valence-corrected chi connectivity index (χ3v) is 2.96. The van der Waals surface area contributed by atoms with E-state index in [1.165, 1.54) is 0 Å². The number of hydrogen-bond donors (Lipinski definition) is 1. The molecule has 2 heteroatoms. The summed E-state index contributed by atoms with van der Waals surface area (Å²) in [5, 5.41) is 9.24. The van der Waals surface area contributed by atoms with Crippen molar-refractivity contribution in [2.75, 3.05) is 0 Å². The summed E-state index contributed by atoms with van der Waals surface area (Å²) in [5.41, 5.74) is 0. The summed E-state index contributed by atoms with van der Waals surface area (Å²) in [4.78, 5) is 0. The van der Waals surface area contributed by atoms with E-state index in [4.69, 9.17) is 0 Å². The Kier molecular flexibility index (Phi) is 1.44. The average Bonchev–Trinajstić information content (AvgIpc) is 2.20. The Morgan fingerprint density at radius 3 is 2.10 bits per heavy atom. The van der Waals surface area contributed by atoms with Gasteiger partial charge in [-0.3, -0.25) is 0 Å². The SMILES string of the molecule is OC1C[C@H]2CC[C@H](C1)C2F. The first-order chi connectivity index (χ1) is 4.77. The summed E-state index contributed by atoms with van der Waals surface area (Å²) in [7, 11) is 0. The second kappa shape index (κ2) is 2.19. The van der Waals surface area contributed by atoms with Crippen LogP contribution in [-0.4, -0.2) is 17.4 Å². The molecule has 2 fully saturated rings. The van der Waals surface area contributed by atoms with E-state index in [0.29, 0.717) is 12.8 Å². The van der Waals surface area contributed by atoms with Crippen LogP contribution in [0.1, 0.15) is 25.7 Å². The lowest BCUT2D eigenvalue weighted by molar-refractivity contribution is 0.0431. The fourth-order valence-electron chi connectivity index (χ4n) is 2.42. The highest BCUT2D eigenvalue weighted by molar-refractivity contribution is 4.92. The van der Waals surface area contributed by atoms with Crippen molar-refractivity contribution in [3.8, 4) is 0 Å². The molecule has 58 valence electrons. The van der Waals surface area contributed by atoms with Crippen LogP contribution >= 0.6 is 0 Å². The van der Waals surface area contributed by atoms with Crippen molar-refractivity contribution in [1.29, 1.82) is 0 Å². The smallest absolute Gasteiger partial charge is 0.106 e. The fourth-order valence-corrected chi connectivity index (χ4v) is 2.42. The van der Waals surface area contributed by atoms with Gasteiger partial charge in [0.05, 0.1) is 6.10 Å². The minimum atomic E-state index is -0.594. The van der Waals surface area contributed by atoms with Crippen LogP contribution in [0.5, 0.6) is 0 Å². The fraction of sp³-hybridized carbons (Fsp3) is 1.00. The highest BCUT2D eigenvalue weighted by Crippen LogP contribution is 2.43. The van der Waals surface area contributed by atoms with Crippen molar-refractivity contribution in [3.05, 3.63) is 0 Å². The van der Waals surface area contributed by atoms with E-state index in [0.717, 1.165) is 12.8 Å². The molecule has 0 aromatic carbocycles. The van der Waals surface area contributed by atoms with E-state index in [1.807, 2.05) is 0 Å². The molecule has 2 rings (SSSR count). The van der Waals surface area contributed by atoms with Gasteiger partial charge in [-0.15, -0.1) is 0 Å². The van der Waals surface area contributed by atoms with Crippen molar-refractivity contribution in [2.45, 2.75) is 38.0 Å². The molecule has 0 aromatic rings. The summed E-state index contributed by atoms with van der Waals surface area (Å²) in [6, 6.07) is 0. The Labute approximate surface area is 60.2 Å². The lowest BCUT2D eigenvalue weighted by Gasteiger charge is -2.27. The molecule has 0 heterocycles. The molecule has 0 spiro atoms. The predicted octanol–water partition coefficient (Wildman–Crippen LogP) is 1.51. The molecular weight excluding hydrogens is 131 g/mol. The third kappa shape index (κ3) is 0.858. The maximum atomic E-state index is 13.1. The van der Waals surface area contributed by atoms with Gasteiger partial charge in [-0.2, -0.15) is 0 Å². The molecule has 0 aromatic heterocycles. The predicted molar refractivity (Wildman–Crippen MR) is 36.4 cm³/mol. The zero-order valence-electron chi connectivity index (χ0n) is 5.96. The van der Waals surface area contributed by atoms with E-state index in [9.17, 15) is 9.50 Å². The molecule has 0 radical (unpaired) electrons. The van der Waals surface area contributed by atoms with Crippen molar-refractivity contribution in [3.63, 3.8) is 0 Å². The second-order valence-electron chi connectivity index (χ2n) is 3.67. The van der Waals surface area contributed by atoms with E-state index < -0.39 is 6.17 Å². The Balaban J connectivity index is 2.09. The number of halogens is 1. The van der Waals surface area contributed by atoms with Crippen LogP contribution < -0.4 is 0 Å². The van der Waals surface area contributed by atoms with Crippen molar-refractivity contribution < 1.29 is 9.50 Å². The molecule has 0 amide bonds. The minimum absolute atomic E-state index is 0.189. The number of hydrogen-bond acceptors (Lipinski definition) is 1. The second-order valence-corrected chi connectivity index (χ2v) is 3.67. The molecule has 10 heavy (non-hydrogen) atoms. The zero-order valence-corrected chi connectivity index (χ0v) is 5.96. The lowest BCUT2D eigenvalue weighted by atomic mass is 9.85. The van der Waals surface area contributed by atoms with Gasteiger partial charge in [0, 0.05) is 0 Å². The summed E-state index contributed by atoms with van der Waals surface area (Å²) in [6.45, 7) is 0. The Bertz CT molecular complexity index is 123. The Morgan fingerprint density at radius 2 is 1.60 bits per heavy atom. The lowest BCUT2D eigenvalue weighted by Crippen LogP contribution is -2.29. The molecule has 2 saturated carbocycles. The molecule has 1 N–H and O–H groups in total. The Morgan fingerprint density at radius 1 is 1.10 bits per heavy atom. The monoisotopic (exact) mass is 144 g/mol. The van der Waals surface area contributed by atoms with Crippen LogP contribution in [0.2, 0.25) is 0 Å². The van der Waals surface area contributed by atoms with Crippen LogP contribution in [0.3, 0.4) is 0 Å². The first-order valence-electron chi connectivity index (χ1n) is 4.09. The van der Waals surface area contributed by atoms with Gasteiger partial charge in [0.15, 0.2) is 0 Å². The van der Waals surface area contributed by atoms with E-state index in [2.05, 4.69) is 0 Å². The van der Waals surface area contributed by atoms with Gasteiger partial charge in [-0.1, -0.05) is 0 Å². The van der Waals surface area contributed by atoms with Crippen molar-refractivity contribution in [2.24, 2.45) is 11.8 Å². The van der Waals surface area contributed by atoms with Gasteiger partial charge >= 0.3 is 0 Å². The molecule has 2 aliphatic rings. The van der Waals surface area contributed by atoms with Gasteiger partial charge in [-0.25, -0.2) is 4.39 Å². The first kappa shape index (κ1) is 6.59. The number of aliphatic hydroxyl groups is 1. The molecule has 2 aliphatic carbocycles. The van der Waals surface area contributed by atoms with E-state index in [-0.39, 0.29) is 17.9 Å². The van der Waals surface area contributed by atoms with Crippen LogP contribution in [0.15, 0.2) is 0 Å². The molecule has 0 aliphatic heterocycles. The van der Waals surface area contributed by atoms with Gasteiger partial charge < -0.3 is 5.11 Å². The van der Waals surface area contributed by atoms with Gasteiger partial charge in [0.1, 0.15) is 6.17 Å². The summed E-state index contributed by atoms with van der Waals surface area (Å²) >= 11 is 0. The zero-order chi connectivity index (χ0) is 7.14. The van der Waals surface area contributed by atoms with Gasteiger partial charge in [-0.05, 0) is 37.5 Å². The van der Waals surface area contributed by atoms with Crippen LogP contribution in [0, 0.1) is 11.8 Å². The number of rotatable bonds is 0. The quantitative estimate of drug-likeness (QED) is 0.546. The van der Waals surface area contributed by atoms with Crippen LogP contribution in [-0.2, 0) is 0 Å². The van der Waals surface area contributed by atoms with E-state index in [1.54, 1.807) is 0 Å². The summed E-state index contributed by atoms with van der Waals surface area (Å²) in [6.07, 6.45) is 2.62. The third-order valence-electron chi connectivity index (χ3n) is 2.96. The molecule has 0 unspecified atom stereocenters. The maximum Gasteiger partial charge on any atom is 0.106 e. The van der Waals surface area contributed by atoms with Gasteiger partial charge in [0.2, 0.25) is 0 Å². The standard InChI is InChI=1S/C8H13FO/c9-8-5-1-2-6(8)4-7(10)3-5/h5-8,10H,1-4H2/t5-,6-,7?,8?/m1/s1.